The van der Waals surface area contributed by atoms with E-state index in [9.17, 15) is 24.1 Å². The zero-order valence-electron chi connectivity index (χ0n) is 10.5. The van der Waals surface area contributed by atoms with Crippen molar-refractivity contribution in [2.75, 3.05) is 6.61 Å². The molecule has 0 saturated carbocycles. The number of esters is 1. The van der Waals surface area contributed by atoms with Crippen LogP contribution in [0.25, 0.3) is 0 Å². The van der Waals surface area contributed by atoms with Gasteiger partial charge in [-0.15, -0.1) is 0 Å². The minimum atomic E-state index is -5.27. The maximum Gasteiger partial charge on any atom is 0.481 e. The van der Waals surface area contributed by atoms with Crippen LogP contribution in [0.1, 0.15) is 6.92 Å². The second-order valence-electron chi connectivity index (χ2n) is 3.97. The van der Waals surface area contributed by atoms with Crippen LogP contribution in [0.5, 0.6) is 0 Å². The van der Waals surface area contributed by atoms with Crippen LogP contribution >= 0.6 is 15.6 Å². The van der Waals surface area contributed by atoms with Gasteiger partial charge in [0.15, 0.2) is 12.4 Å². The van der Waals surface area contributed by atoms with E-state index >= 15 is 0 Å². The highest BCUT2D eigenvalue weighted by atomic mass is 31.3. The molecule has 1 saturated heterocycles. The van der Waals surface area contributed by atoms with Gasteiger partial charge in [0.1, 0.15) is 12.2 Å². The number of hydrogen-bond donors (Lipinski definition) is 5. The molecule has 0 aromatic rings. The Morgan fingerprint density at radius 2 is 1.81 bits per heavy atom. The lowest BCUT2D eigenvalue weighted by Gasteiger charge is -2.20. The van der Waals surface area contributed by atoms with Crippen molar-refractivity contribution in [1.82, 2.24) is 0 Å². The van der Waals surface area contributed by atoms with E-state index in [4.69, 9.17) is 19.4 Å². The molecule has 1 heterocycles. The highest BCUT2D eigenvalue weighted by molar-refractivity contribution is 7.60. The molecule has 1 rings (SSSR count). The molecule has 1 aliphatic heterocycles. The Hall–Kier alpha value is -0.390. The van der Waals surface area contributed by atoms with Crippen LogP contribution in [0.3, 0.4) is 0 Å². The number of ether oxygens (including phenoxy) is 2. The van der Waals surface area contributed by atoms with E-state index in [-0.39, 0.29) is 0 Å². The second kappa shape index (κ2) is 6.80. The minimum absolute atomic E-state index is 0.819. The first-order valence-corrected chi connectivity index (χ1v) is 8.37. The largest absolute Gasteiger partial charge is 0.481 e. The Kier molecular flexibility index (Phi) is 6.04. The maximum absolute atomic E-state index is 11.2. The number of aliphatic hydroxyl groups is 2. The minimum Gasteiger partial charge on any atom is -0.457 e. The van der Waals surface area contributed by atoms with Gasteiger partial charge in [-0.3, -0.25) is 9.32 Å². The molecule has 21 heavy (non-hydrogen) atoms. The van der Waals surface area contributed by atoms with Crippen LogP contribution in [-0.4, -0.2) is 62.1 Å². The summed E-state index contributed by atoms with van der Waals surface area (Å²) in [6.07, 6.45) is -6.10. The van der Waals surface area contributed by atoms with Crippen LogP contribution in [0.4, 0.5) is 0 Å². The van der Waals surface area contributed by atoms with E-state index in [1.54, 1.807) is 0 Å². The van der Waals surface area contributed by atoms with E-state index in [1.165, 1.54) is 0 Å². The van der Waals surface area contributed by atoms with Gasteiger partial charge in [-0.1, -0.05) is 0 Å². The Bertz CT molecular complexity index is 472. The third-order valence-electron chi connectivity index (χ3n) is 2.22. The SMILES string of the molecule is CC(=O)O[C@H]1[C@@H](O)[C@H](O)O[C@@H]1COP(=O)(O)OP(=O)(O)O. The first-order chi connectivity index (χ1) is 9.41. The molecule has 5 N–H and O–H groups in total. The maximum atomic E-state index is 11.2. The quantitative estimate of drug-likeness (QED) is 0.267. The van der Waals surface area contributed by atoms with E-state index in [1.807, 2.05) is 0 Å². The molecule has 12 nitrogen and oxygen atoms in total. The fourth-order valence-electron chi connectivity index (χ4n) is 1.52. The summed E-state index contributed by atoms with van der Waals surface area (Å²) in [5.41, 5.74) is 0. The van der Waals surface area contributed by atoms with Crippen molar-refractivity contribution in [2.24, 2.45) is 0 Å². The van der Waals surface area contributed by atoms with Gasteiger partial charge < -0.3 is 34.4 Å². The third kappa shape index (κ3) is 6.09. The average Bonchev–Trinajstić information content (AvgIpc) is 2.51. The number of rotatable bonds is 6. The molecule has 0 amide bonds. The molecule has 0 aromatic carbocycles. The van der Waals surface area contributed by atoms with Crippen LogP contribution < -0.4 is 0 Å². The molecular weight excluding hydrogens is 338 g/mol. The summed E-state index contributed by atoms with van der Waals surface area (Å²) in [6.45, 7) is 0.170. The zero-order valence-corrected chi connectivity index (χ0v) is 12.3. The van der Waals surface area contributed by atoms with Crippen molar-refractivity contribution in [3.8, 4) is 0 Å². The van der Waals surface area contributed by atoms with Crippen molar-refractivity contribution in [3.05, 3.63) is 0 Å². The Morgan fingerprint density at radius 1 is 1.24 bits per heavy atom. The van der Waals surface area contributed by atoms with E-state index < -0.39 is 52.8 Å². The van der Waals surface area contributed by atoms with Gasteiger partial charge >= 0.3 is 21.6 Å². The van der Waals surface area contributed by atoms with Crippen LogP contribution in [0.2, 0.25) is 0 Å². The molecular formula is C7H14O12P2. The summed E-state index contributed by atoms with van der Waals surface area (Å²) in [7, 11) is -10.4. The van der Waals surface area contributed by atoms with Crippen LogP contribution in [0, 0.1) is 0 Å². The summed E-state index contributed by atoms with van der Waals surface area (Å²) in [5, 5.41) is 18.8. The number of phosphoric acid groups is 2. The molecule has 1 aliphatic rings. The van der Waals surface area contributed by atoms with E-state index in [0.717, 1.165) is 6.92 Å². The van der Waals surface area contributed by atoms with Crippen LogP contribution in [0.15, 0.2) is 0 Å². The molecule has 14 heteroatoms. The first kappa shape index (κ1) is 18.7. The van der Waals surface area contributed by atoms with Crippen molar-refractivity contribution in [1.29, 1.82) is 0 Å². The Balaban J connectivity index is 2.66. The third-order valence-corrected chi connectivity index (χ3v) is 4.37. The molecule has 0 aliphatic carbocycles. The van der Waals surface area contributed by atoms with Crippen molar-refractivity contribution >= 4 is 21.6 Å². The van der Waals surface area contributed by atoms with Gasteiger partial charge in [-0.2, -0.15) is 4.31 Å². The average molecular weight is 352 g/mol. The molecule has 0 spiro atoms. The standard InChI is InChI=1S/C7H14O12P2/c1-3(8)17-6-4(18-7(10)5(6)9)2-16-21(14,15)19-20(11,12)13/h4-7,9-10H,2H2,1H3,(H,14,15)(H2,11,12,13)/t4-,5-,6-,7-/m1/s1. The molecule has 0 radical (unpaired) electrons. The highest BCUT2D eigenvalue weighted by Crippen LogP contribution is 2.57. The predicted octanol–water partition coefficient (Wildman–Crippen LogP) is -1.78. The molecule has 5 atom stereocenters. The lowest BCUT2D eigenvalue weighted by atomic mass is 10.1. The summed E-state index contributed by atoms with van der Waals surface area (Å²) >= 11 is 0. The summed E-state index contributed by atoms with van der Waals surface area (Å²) < 4.78 is 38.8. The monoisotopic (exact) mass is 352 g/mol. The number of hydrogen-bond acceptors (Lipinski definition) is 9. The van der Waals surface area contributed by atoms with Crippen LogP contribution in [-0.2, 0) is 32.2 Å². The lowest BCUT2D eigenvalue weighted by Crippen LogP contribution is -2.38. The molecule has 0 bridgehead atoms. The van der Waals surface area contributed by atoms with E-state index in [0.29, 0.717) is 0 Å². The highest BCUT2D eigenvalue weighted by Gasteiger charge is 2.46. The lowest BCUT2D eigenvalue weighted by molar-refractivity contribution is -0.153. The van der Waals surface area contributed by atoms with Gasteiger partial charge in [0.05, 0.1) is 6.61 Å². The van der Waals surface area contributed by atoms with Gasteiger partial charge in [0.25, 0.3) is 0 Å². The fraction of sp³-hybridized carbons (Fsp3) is 0.857. The first-order valence-electron chi connectivity index (χ1n) is 5.34. The van der Waals surface area contributed by atoms with E-state index in [2.05, 4.69) is 13.6 Å². The number of carbonyl (C=O) groups is 1. The van der Waals surface area contributed by atoms with Gasteiger partial charge in [0.2, 0.25) is 0 Å². The fourth-order valence-corrected chi connectivity index (χ4v) is 3.12. The molecule has 0 aromatic heterocycles. The van der Waals surface area contributed by atoms with Crippen molar-refractivity contribution < 1.29 is 57.1 Å². The predicted molar refractivity (Wildman–Crippen MR) is 61.3 cm³/mol. The van der Waals surface area contributed by atoms with Crippen molar-refractivity contribution in [3.63, 3.8) is 0 Å². The van der Waals surface area contributed by atoms with Gasteiger partial charge in [0, 0.05) is 6.92 Å². The number of phosphoric ester groups is 1. The van der Waals surface area contributed by atoms with Gasteiger partial charge in [-0.05, 0) is 0 Å². The molecule has 1 unspecified atom stereocenters. The summed E-state index contributed by atoms with van der Waals surface area (Å²) in [4.78, 5) is 36.7. The molecule has 124 valence electrons. The summed E-state index contributed by atoms with van der Waals surface area (Å²) in [5.74, 6) is -0.819. The van der Waals surface area contributed by atoms with Crippen molar-refractivity contribution in [2.45, 2.75) is 31.5 Å². The number of carbonyl (C=O) groups excluding carboxylic acids is 1. The smallest absolute Gasteiger partial charge is 0.457 e. The summed E-state index contributed by atoms with van der Waals surface area (Å²) in [6, 6.07) is 0. The topological polar surface area (TPSA) is 189 Å². The van der Waals surface area contributed by atoms with Gasteiger partial charge in [-0.25, -0.2) is 9.13 Å². The normalized spacial score (nSPS) is 32.7. The zero-order chi connectivity index (χ0) is 16.4. The molecule has 1 fully saturated rings. The second-order valence-corrected chi connectivity index (χ2v) is 6.80. The Labute approximate surface area is 118 Å². The number of aliphatic hydroxyl groups excluding tert-OH is 2. The Morgan fingerprint density at radius 3 is 2.29 bits per heavy atom.